The Morgan fingerprint density at radius 1 is 0.423 bits per heavy atom. The molecule has 6 aromatic heterocycles. The quantitative estimate of drug-likeness (QED) is 0.137. The van der Waals surface area contributed by atoms with Gasteiger partial charge in [0.25, 0.3) is 0 Å². The Kier molecular flexibility index (Phi) is 11.4. The van der Waals surface area contributed by atoms with Gasteiger partial charge in [-0.1, -0.05) is 60.7 Å². The minimum absolute atomic E-state index is 0.164. The van der Waals surface area contributed by atoms with E-state index in [-0.39, 0.29) is 16.8 Å². The average molecular weight is 1030 g/mol. The lowest BCUT2D eigenvalue weighted by molar-refractivity contribution is -0.137. The van der Waals surface area contributed by atoms with Crippen molar-refractivity contribution in [3.63, 3.8) is 0 Å². The lowest BCUT2D eigenvalue weighted by Gasteiger charge is -2.22. The minimum Gasteiger partial charge on any atom is -0.309 e. The molecule has 12 aromatic rings. The average Bonchev–Trinajstić information content (AvgIpc) is 3.94. The van der Waals surface area contributed by atoms with Crippen LogP contribution in [0.5, 0.6) is 0 Å². The van der Waals surface area contributed by atoms with Crippen molar-refractivity contribution in [3.8, 4) is 74.1 Å². The standard InChI is InChI=1S/C59H41F3N16/c1-28-65-29(2)70-55(69-28)37-10-15-42-43-16-11-38(56-71-30(3)66-31(4)72-56)23-49(43)77(48(42)22-37)52-20-36(27-63)21-53(54(52)46-19-14-41(59(60,61)62)26-47(46)64-9)78-50-24-39(57-73-32(5)67-33(6)74-57)12-17-44(50)45-18-13-40(25-51(45)78)58-75-34(7)68-35(8)76-58/h10-26H,1-8H3. The van der Waals surface area contributed by atoms with Crippen LogP contribution in [-0.4, -0.2) is 68.9 Å². The maximum Gasteiger partial charge on any atom is 0.415 e. The van der Waals surface area contributed by atoms with Crippen molar-refractivity contribution in [1.82, 2.24) is 68.9 Å². The summed E-state index contributed by atoms with van der Waals surface area (Å²) in [7, 11) is 0. The second-order valence-corrected chi connectivity index (χ2v) is 19.0. The van der Waals surface area contributed by atoms with E-state index in [0.29, 0.717) is 131 Å². The van der Waals surface area contributed by atoms with Gasteiger partial charge < -0.3 is 9.13 Å². The number of hydrogen-bond donors (Lipinski definition) is 0. The Balaban J connectivity index is 1.28. The van der Waals surface area contributed by atoms with Crippen LogP contribution in [0.4, 0.5) is 18.9 Å². The molecule has 0 aliphatic carbocycles. The van der Waals surface area contributed by atoms with Crippen LogP contribution in [0.15, 0.2) is 103 Å². The molecule has 6 aromatic carbocycles. The summed E-state index contributed by atoms with van der Waals surface area (Å²) in [6, 6.07) is 32.4. The van der Waals surface area contributed by atoms with Crippen LogP contribution in [0.2, 0.25) is 0 Å². The van der Waals surface area contributed by atoms with E-state index in [1.165, 1.54) is 6.07 Å². The summed E-state index contributed by atoms with van der Waals surface area (Å²) >= 11 is 0. The smallest absolute Gasteiger partial charge is 0.309 e. The van der Waals surface area contributed by atoms with E-state index >= 15 is 0 Å². The zero-order chi connectivity index (χ0) is 54.5. The lowest BCUT2D eigenvalue weighted by atomic mass is 9.95. The summed E-state index contributed by atoms with van der Waals surface area (Å²) in [5, 5.41) is 14.4. The molecule has 0 saturated heterocycles. The molecular weight excluding hydrogens is 990 g/mol. The van der Waals surface area contributed by atoms with Crippen molar-refractivity contribution in [3.05, 3.63) is 172 Å². The van der Waals surface area contributed by atoms with Gasteiger partial charge in [-0.2, -0.15) is 18.4 Å². The third-order valence-corrected chi connectivity index (χ3v) is 13.4. The molecule has 0 spiro atoms. The molecule has 378 valence electrons. The van der Waals surface area contributed by atoms with Crippen molar-refractivity contribution < 1.29 is 13.2 Å². The number of nitriles is 1. The van der Waals surface area contributed by atoms with Crippen LogP contribution in [-0.2, 0) is 6.18 Å². The van der Waals surface area contributed by atoms with Gasteiger partial charge in [0.1, 0.15) is 46.6 Å². The van der Waals surface area contributed by atoms with E-state index in [9.17, 15) is 18.4 Å². The molecule has 78 heavy (non-hydrogen) atoms. The number of benzene rings is 6. The van der Waals surface area contributed by atoms with Gasteiger partial charge in [0.05, 0.1) is 51.6 Å². The van der Waals surface area contributed by atoms with Crippen molar-refractivity contribution >= 4 is 49.3 Å². The normalized spacial score (nSPS) is 11.8. The number of hydrogen-bond acceptors (Lipinski definition) is 13. The van der Waals surface area contributed by atoms with E-state index in [1.807, 2.05) is 81.9 Å². The van der Waals surface area contributed by atoms with Crippen LogP contribution < -0.4 is 0 Å². The first-order valence-corrected chi connectivity index (χ1v) is 24.5. The Labute approximate surface area is 443 Å². The van der Waals surface area contributed by atoms with Crippen LogP contribution >= 0.6 is 0 Å². The lowest BCUT2D eigenvalue weighted by Crippen LogP contribution is -2.07. The summed E-state index contributed by atoms with van der Waals surface area (Å²) in [6.45, 7) is 22.9. The van der Waals surface area contributed by atoms with Crippen molar-refractivity contribution in [1.29, 1.82) is 5.26 Å². The zero-order valence-corrected chi connectivity index (χ0v) is 43.1. The van der Waals surface area contributed by atoms with Crippen molar-refractivity contribution in [2.24, 2.45) is 0 Å². The van der Waals surface area contributed by atoms with E-state index in [2.05, 4.69) is 30.9 Å². The predicted octanol–water partition coefficient (Wildman–Crippen LogP) is 12.9. The van der Waals surface area contributed by atoms with Gasteiger partial charge in [0.15, 0.2) is 29.0 Å². The van der Waals surface area contributed by atoms with Gasteiger partial charge in [-0.3, -0.25) is 0 Å². The van der Waals surface area contributed by atoms with Gasteiger partial charge >= 0.3 is 6.18 Å². The van der Waals surface area contributed by atoms with Crippen molar-refractivity contribution in [2.75, 3.05) is 0 Å². The van der Waals surface area contributed by atoms with Gasteiger partial charge in [0, 0.05) is 54.9 Å². The first kappa shape index (κ1) is 48.7. The number of alkyl halides is 3. The highest BCUT2D eigenvalue weighted by molar-refractivity contribution is 6.14. The topological polar surface area (TPSA) is 193 Å². The minimum atomic E-state index is -4.78. The number of aryl methyl sites for hydroxylation is 8. The van der Waals surface area contributed by atoms with E-state index in [4.69, 9.17) is 46.4 Å². The largest absolute Gasteiger partial charge is 0.415 e. The molecule has 0 N–H and O–H groups in total. The fraction of sp³-hybridized carbons (Fsp3) is 0.153. The molecule has 19 heteroatoms. The molecule has 0 fully saturated rings. The van der Waals surface area contributed by atoms with E-state index in [1.54, 1.807) is 67.5 Å². The number of nitrogens with zero attached hydrogens (tertiary/aromatic N) is 16. The molecule has 6 heterocycles. The molecule has 0 aliphatic heterocycles. The Morgan fingerprint density at radius 3 is 1.00 bits per heavy atom. The number of rotatable bonds is 7. The molecule has 12 rings (SSSR count). The zero-order valence-electron chi connectivity index (χ0n) is 43.1. The van der Waals surface area contributed by atoms with Crippen molar-refractivity contribution in [2.45, 2.75) is 61.6 Å². The maximum absolute atomic E-state index is 14.7. The Hall–Kier alpha value is -10.3. The molecular formula is C59H41F3N16. The van der Waals surface area contributed by atoms with Gasteiger partial charge in [-0.15, -0.1) is 0 Å². The monoisotopic (exact) mass is 1030 g/mol. The first-order chi connectivity index (χ1) is 37.4. The van der Waals surface area contributed by atoms with Gasteiger partial charge in [-0.05, 0) is 103 Å². The molecule has 0 amide bonds. The molecule has 0 bridgehead atoms. The summed E-state index contributed by atoms with van der Waals surface area (Å²) in [6.07, 6.45) is -4.78. The third-order valence-electron chi connectivity index (χ3n) is 13.4. The van der Waals surface area contributed by atoms with Crippen LogP contribution in [0.1, 0.15) is 57.7 Å². The fourth-order valence-electron chi connectivity index (χ4n) is 10.4. The maximum atomic E-state index is 14.7. The highest BCUT2D eigenvalue weighted by Crippen LogP contribution is 2.48. The SMILES string of the molecule is [C-]#[N+]c1cc(C(F)(F)F)ccc1-c1c(-n2c3cc(-c4nc(C)nc(C)n4)ccc3c3ccc(-c4nc(C)nc(C)n4)cc32)cc(C#N)cc1-n1c2cc(-c3nc(C)nc(C)n3)ccc2c2ccc(-c3nc(C)nc(C)n3)cc21. The molecule has 0 unspecified atom stereocenters. The van der Waals surface area contributed by atoms with Crippen LogP contribution in [0.25, 0.3) is 117 Å². The van der Waals surface area contributed by atoms with Gasteiger partial charge in [0.2, 0.25) is 0 Å². The summed E-state index contributed by atoms with van der Waals surface area (Å²) < 4.78 is 48.2. The molecule has 0 saturated carbocycles. The van der Waals surface area contributed by atoms with E-state index < -0.39 is 11.7 Å². The molecule has 0 atom stereocenters. The highest BCUT2D eigenvalue weighted by atomic mass is 19.4. The Morgan fingerprint density at radius 2 is 0.731 bits per heavy atom. The summed E-state index contributed by atoms with van der Waals surface area (Å²) in [5.74, 6) is 5.85. The second kappa shape index (κ2) is 18.2. The van der Waals surface area contributed by atoms with Crippen LogP contribution in [0.3, 0.4) is 0 Å². The molecule has 0 radical (unpaired) electrons. The van der Waals surface area contributed by atoms with Crippen LogP contribution in [0, 0.1) is 73.3 Å². The molecule has 16 nitrogen and oxygen atoms in total. The first-order valence-electron chi connectivity index (χ1n) is 24.5. The third kappa shape index (κ3) is 8.43. The van der Waals surface area contributed by atoms with E-state index in [0.717, 1.165) is 33.7 Å². The molecule has 0 aliphatic rings. The predicted molar refractivity (Wildman–Crippen MR) is 290 cm³/mol. The Bertz CT molecular complexity index is 4090. The van der Waals surface area contributed by atoms with Gasteiger partial charge in [-0.25, -0.2) is 64.7 Å². The number of fused-ring (bicyclic) bond motifs is 6. The number of halogens is 3. The summed E-state index contributed by atoms with van der Waals surface area (Å²) in [4.78, 5) is 59.2. The second-order valence-electron chi connectivity index (χ2n) is 19.0. The fourth-order valence-corrected chi connectivity index (χ4v) is 10.4. The highest BCUT2D eigenvalue weighted by Gasteiger charge is 2.33. The summed E-state index contributed by atoms with van der Waals surface area (Å²) in [5.41, 5.74) is 5.25. The number of aromatic nitrogens is 14.